The maximum atomic E-state index is 5.94. The van der Waals surface area contributed by atoms with Crippen molar-refractivity contribution in [1.29, 1.82) is 0 Å². The Balaban J connectivity index is 3.68. The third kappa shape index (κ3) is 8.51. The number of hydrogen-bond donors (Lipinski definition) is 0. The lowest BCUT2D eigenvalue weighted by Crippen LogP contribution is -2.28. The first-order chi connectivity index (χ1) is 5.99. The molecule has 2 heteroatoms. The first-order valence-corrected chi connectivity index (χ1v) is 9.04. The smallest absolute Gasteiger partial charge is 0.183 e. The molecule has 0 unspecified atom stereocenters. The summed E-state index contributed by atoms with van der Waals surface area (Å²) in [7, 11) is -1.28. The van der Waals surface area contributed by atoms with Crippen LogP contribution in [0.2, 0.25) is 19.6 Å². The van der Waals surface area contributed by atoms with Gasteiger partial charge in [0.15, 0.2) is 8.32 Å². The fraction of sp³-hybridized carbons (Fsp3) is 1.00. The van der Waals surface area contributed by atoms with Crippen LogP contribution >= 0.6 is 0 Å². The topological polar surface area (TPSA) is 9.23 Å². The van der Waals surface area contributed by atoms with Crippen LogP contribution in [0.3, 0.4) is 0 Å². The van der Waals surface area contributed by atoms with E-state index in [-0.39, 0.29) is 0 Å². The van der Waals surface area contributed by atoms with Crippen LogP contribution in [0.25, 0.3) is 0 Å². The van der Waals surface area contributed by atoms with Crippen molar-refractivity contribution < 1.29 is 4.43 Å². The summed E-state index contributed by atoms with van der Waals surface area (Å²) in [6.45, 7) is 12.3. The summed E-state index contributed by atoms with van der Waals surface area (Å²) in [5, 5.41) is 0. The minimum absolute atomic E-state index is 0.807. The summed E-state index contributed by atoms with van der Waals surface area (Å²) >= 11 is 0. The zero-order valence-corrected chi connectivity index (χ0v) is 11.0. The first-order valence-electron chi connectivity index (χ1n) is 5.63. The van der Waals surface area contributed by atoms with Crippen LogP contribution < -0.4 is 0 Å². The van der Waals surface area contributed by atoms with Crippen molar-refractivity contribution in [3.63, 3.8) is 0 Å². The van der Waals surface area contributed by atoms with Crippen LogP contribution in [-0.4, -0.2) is 14.9 Å². The molecule has 0 bridgehead atoms. The molecule has 0 radical (unpaired) electrons. The van der Waals surface area contributed by atoms with Gasteiger partial charge in [0.1, 0.15) is 0 Å². The Morgan fingerprint density at radius 3 is 1.77 bits per heavy atom. The third-order valence-electron chi connectivity index (χ3n) is 2.15. The molecule has 0 aliphatic heterocycles. The molecule has 1 nitrogen and oxygen atoms in total. The predicted molar refractivity (Wildman–Crippen MR) is 62.6 cm³/mol. The van der Waals surface area contributed by atoms with Gasteiger partial charge in [-0.3, -0.25) is 0 Å². The second-order valence-electron chi connectivity index (χ2n) is 4.87. The molecule has 0 aliphatic carbocycles. The van der Waals surface area contributed by atoms with E-state index in [0.717, 1.165) is 12.5 Å². The highest BCUT2D eigenvalue weighted by atomic mass is 28.4. The zero-order valence-electron chi connectivity index (χ0n) is 10.0. The maximum Gasteiger partial charge on any atom is 0.183 e. The quantitative estimate of drug-likeness (QED) is 0.566. The number of rotatable bonds is 7. The van der Waals surface area contributed by atoms with E-state index in [1.807, 2.05) is 0 Å². The lowest BCUT2D eigenvalue weighted by Gasteiger charge is -2.22. The molecular formula is C11H26OSi. The number of hydrogen-bond acceptors (Lipinski definition) is 1. The highest BCUT2D eigenvalue weighted by Crippen LogP contribution is 2.16. The largest absolute Gasteiger partial charge is 0.417 e. The van der Waals surface area contributed by atoms with Gasteiger partial charge in [0, 0.05) is 6.61 Å². The normalized spacial score (nSPS) is 12.5. The fourth-order valence-electron chi connectivity index (χ4n) is 1.50. The monoisotopic (exact) mass is 202 g/mol. The lowest BCUT2D eigenvalue weighted by atomic mass is 10.00. The van der Waals surface area contributed by atoms with Crippen molar-refractivity contribution in [2.75, 3.05) is 6.61 Å². The van der Waals surface area contributed by atoms with Crippen molar-refractivity contribution in [2.45, 2.75) is 59.2 Å². The molecule has 0 amide bonds. The Labute approximate surface area is 85.0 Å². The van der Waals surface area contributed by atoms with Gasteiger partial charge in [-0.15, -0.1) is 0 Å². The maximum absolute atomic E-state index is 5.94. The van der Waals surface area contributed by atoms with Crippen LogP contribution in [0.1, 0.15) is 39.5 Å². The Morgan fingerprint density at radius 2 is 1.46 bits per heavy atom. The first kappa shape index (κ1) is 13.2. The van der Waals surface area contributed by atoms with Crippen molar-refractivity contribution in [1.82, 2.24) is 0 Å². The van der Waals surface area contributed by atoms with E-state index >= 15 is 0 Å². The van der Waals surface area contributed by atoms with Crippen LogP contribution in [0.15, 0.2) is 0 Å². The zero-order chi connectivity index (χ0) is 10.3. The molecule has 0 aromatic carbocycles. The molecule has 0 aromatic heterocycles. The van der Waals surface area contributed by atoms with E-state index in [2.05, 4.69) is 33.5 Å². The minimum Gasteiger partial charge on any atom is -0.417 e. The molecule has 0 spiro atoms. The molecule has 0 saturated carbocycles. The average Bonchev–Trinajstić information content (AvgIpc) is 2.00. The van der Waals surface area contributed by atoms with Crippen LogP contribution in [0.5, 0.6) is 0 Å². The fourth-order valence-corrected chi connectivity index (χ4v) is 2.23. The molecule has 0 atom stereocenters. The van der Waals surface area contributed by atoms with Gasteiger partial charge < -0.3 is 4.43 Å². The highest BCUT2D eigenvalue weighted by Gasteiger charge is 2.16. The Bertz CT molecular complexity index is 112. The van der Waals surface area contributed by atoms with Gasteiger partial charge in [-0.1, -0.05) is 26.7 Å². The third-order valence-corrected chi connectivity index (χ3v) is 3.18. The van der Waals surface area contributed by atoms with Crippen molar-refractivity contribution >= 4 is 8.32 Å². The van der Waals surface area contributed by atoms with Gasteiger partial charge in [-0.2, -0.15) is 0 Å². The molecule has 0 N–H and O–H groups in total. The standard InChI is InChI=1S/C11H26OSi/c1-6-8-11(9-7-2)10-12-13(3,4)5/h11H,6-10H2,1-5H3. The summed E-state index contributed by atoms with van der Waals surface area (Å²) in [6.07, 6.45) is 5.25. The Hall–Kier alpha value is 0.177. The summed E-state index contributed by atoms with van der Waals surface area (Å²) in [5.74, 6) is 0.807. The molecule has 0 rings (SSSR count). The van der Waals surface area contributed by atoms with Gasteiger partial charge in [-0.25, -0.2) is 0 Å². The van der Waals surface area contributed by atoms with Crippen molar-refractivity contribution in [2.24, 2.45) is 5.92 Å². The van der Waals surface area contributed by atoms with Gasteiger partial charge in [0.05, 0.1) is 0 Å². The van der Waals surface area contributed by atoms with Crippen molar-refractivity contribution in [3.05, 3.63) is 0 Å². The SMILES string of the molecule is CCCC(CCC)CO[Si](C)(C)C. The van der Waals surface area contributed by atoms with E-state index < -0.39 is 8.32 Å². The van der Waals surface area contributed by atoms with E-state index in [9.17, 15) is 0 Å². The molecule has 0 aromatic rings. The van der Waals surface area contributed by atoms with Crippen LogP contribution in [0, 0.1) is 5.92 Å². The molecule has 0 aliphatic rings. The van der Waals surface area contributed by atoms with E-state index in [0.29, 0.717) is 0 Å². The van der Waals surface area contributed by atoms with Crippen molar-refractivity contribution in [3.8, 4) is 0 Å². The Morgan fingerprint density at radius 1 is 1.00 bits per heavy atom. The predicted octanol–water partition coefficient (Wildman–Crippen LogP) is 4.05. The van der Waals surface area contributed by atoms with Gasteiger partial charge >= 0.3 is 0 Å². The van der Waals surface area contributed by atoms with Gasteiger partial charge in [-0.05, 0) is 38.4 Å². The summed E-state index contributed by atoms with van der Waals surface area (Å²) < 4.78 is 5.94. The molecule has 0 saturated heterocycles. The molecule has 80 valence electrons. The summed E-state index contributed by atoms with van der Waals surface area (Å²) in [4.78, 5) is 0. The summed E-state index contributed by atoms with van der Waals surface area (Å²) in [6, 6.07) is 0. The minimum atomic E-state index is -1.28. The molecule has 0 fully saturated rings. The van der Waals surface area contributed by atoms with Crippen LogP contribution in [-0.2, 0) is 4.43 Å². The van der Waals surface area contributed by atoms with E-state index in [1.54, 1.807) is 0 Å². The lowest BCUT2D eigenvalue weighted by molar-refractivity contribution is 0.224. The van der Waals surface area contributed by atoms with Gasteiger partial charge in [0.2, 0.25) is 0 Å². The highest BCUT2D eigenvalue weighted by molar-refractivity contribution is 6.69. The molecule has 13 heavy (non-hydrogen) atoms. The van der Waals surface area contributed by atoms with Crippen LogP contribution in [0.4, 0.5) is 0 Å². The van der Waals surface area contributed by atoms with Gasteiger partial charge in [0.25, 0.3) is 0 Å². The molecule has 0 heterocycles. The summed E-state index contributed by atoms with van der Waals surface area (Å²) in [5.41, 5.74) is 0. The molecular weight excluding hydrogens is 176 g/mol. The second kappa shape index (κ2) is 6.60. The average molecular weight is 202 g/mol. The second-order valence-corrected chi connectivity index (χ2v) is 9.38. The van der Waals surface area contributed by atoms with E-state index in [4.69, 9.17) is 4.43 Å². The van der Waals surface area contributed by atoms with E-state index in [1.165, 1.54) is 25.7 Å². The Kier molecular flexibility index (Phi) is 6.69.